The van der Waals surface area contributed by atoms with Crippen LogP contribution in [0.15, 0.2) is 6.07 Å². The maximum atomic E-state index is 11.3. The summed E-state index contributed by atoms with van der Waals surface area (Å²) < 4.78 is 5.10. The van der Waals surface area contributed by atoms with Crippen molar-refractivity contribution < 1.29 is 14.6 Å². The molecule has 1 atom stereocenters. The summed E-state index contributed by atoms with van der Waals surface area (Å²) in [5.74, 6) is 0.877. The van der Waals surface area contributed by atoms with Gasteiger partial charge in [-0.15, -0.1) is 0 Å². The molecule has 0 aromatic carbocycles. The Morgan fingerprint density at radius 3 is 2.94 bits per heavy atom. The highest BCUT2D eigenvalue weighted by Crippen LogP contribution is 2.25. The van der Waals surface area contributed by atoms with E-state index in [4.69, 9.17) is 4.74 Å². The van der Waals surface area contributed by atoms with E-state index in [-0.39, 0.29) is 0 Å². The number of hydrogen-bond acceptors (Lipinski definition) is 5. The van der Waals surface area contributed by atoms with Crippen molar-refractivity contribution in [1.82, 2.24) is 9.97 Å². The number of aryl methyl sites for hydroxylation is 1. The fraction of sp³-hybridized carbons (Fsp3) is 0.583. The topological polar surface area (TPSA) is 75.5 Å². The second-order valence-electron chi connectivity index (χ2n) is 4.36. The van der Waals surface area contributed by atoms with Crippen molar-refractivity contribution in [2.75, 3.05) is 18.6 Å². The van der Waals surface area contributed by atoms with Gasteiger partial charge < -0.3 is 14.7 Å². The van der Waals surface area contributed by atoms with Crippen LogP contribution in [0.1, 0.15) is 25.1 Å². The molecular formula is C12H17N3O3. The summed E-state index contributed by atoms with van der Waals surface area (Å²) in [7, 11) is 1.54. The van der Waals surface area contributed by atoms with E-state index < -0.39 is 12.0 Å². The van der Waals surface area contributed by atoms with Crippen molar-refractivity contribution in [2.24, 2.45) is 0 Å². The largest absolute Gasteiger partial charge is 0.481 e. The van der Waals surface area contributed by atoms with Crippen molar-refractivity contribution in [3.8, 4) is 5.88 Å². The van der Waals surface area contributed by atoms with Gasteiger partial charge >= 0.3 is 5.97 Å². The molecule has 98 valence electrons. The van der Waals surface area contributed by atoms with E-state index in [1.165, 1.54) is 7.11 Å². The summed E-state index contributed by atoms with van der Waals surface area (Å²) in [5, 5.41) is 9.25. The van der Waals surface area contributed by atoms with Crippen LogP contribution in [0.3, 0.4) is 0 Å². The van der Waals surface area contributed by atoms with E-state index in [0.29, 0.717) is 30.5 Å². The molecule has 6 heteroatoms. The molecular weight excluding hydrogens is 234 g/mol. The van der Waals surface area contributed by atoms with Crippen LogP contribution in [0.2, 0.25) is 0 Å². The fourth-order valence-electron chi connectivity index (χ4n) is 2.24. The van der Waals surface area contributed by atoms with Gasteiger partial charge in [0.15, 0.2) is 0 Å². The first-order valence-corrected chi connectivity index (χ1v) is 6.01. The minimum Gasteiger partial charge on any atom is -0.481 e. The molecule has 1 aliphatic heterocycles. The Hall–Kier alpha value is -1.85. The van der Waals surface area contributed by atoms with Gasteiger partial charge in [0.05, 0.1) is 7.11 Å². The van der Waals surface area contributed by atoms with Gasteiger partial charge in [-0.05, 0) is 26.2 Å². The van der Waals surface area contributed by atoms with Crippen LogP contribution in [-0.4, -0.2) is 40.7 Å². The summed E-state index contributed by atoms with van der Waals surface area (Å²) in [4.78, 5) is 21.5. The van der Waals surface area contributed by atoms with E-state index in [1.54, 1.807) is 13.0 Å². The quantitative estimate of drug-likeness (QED) is 0.871. The molecule has 0 radical (unpaired) electrons. The zero-order valence-electron chi connectivity index (χ0n) is 10.6. The molecule has 0 amide bonds. The van der Waals surface area contributed by atoms with E-state index in [1.807, 2.05) is 4.90 Å². The van der Waals surface area contributed by atoms with Crippen molar-refractivity contribution in [3.05, 3.63) is 11.9 Å². The summed E-state index contributed by atoms with van der Waals surface area (Å²) in [6, 6.07) is 1.19. The fourth-order valence-corrected chi connectivity index (χ4v) is 2.24. The zero-order chi connectivity index (χ0) is 13.1. The lowest BCUT2D eigenvalue weighted by Crippen LogP contribution is -2.45. The van der Waals surface area contributed by atoms with Crippen molar-refractivity contribution in [1.29, 1.82) is 0 Å². The highest BCUT2D eigenvalue weighted by atomic mass is 16.5. The molecule has 1 unspecified atom stereocenters. The first kappa shape index (κ1) is 12.6. The Balaban J connectivity index is 2.33. The second kappa shape index (κ2) is 5.20. The van der Waals surface area contributed by atoms with Crippen LogP contribution >= 0.6 is 0 Å². The molecule has 1 N–H and O–H groups in total. The van der Waals surface area contributed by atoms with Crippen LogP contribution in [0.5, 0.6) is 5.88 Å². The van der Waals surface area contributed by atoms with Crippen molar-refractivity contribution in [2.45, 2.75) is 32.2 Å². The van der Waals surface area contributed by atoms with Crippen molar-refractivity contribution in [3.63, 3.8) is 0 Å². The Morgan fingerprint density at radius 2 is 2.28 bits per heavy atom. The van der Waals surface area contributed by atoms with Crippen LogP contribution < -0.4 is 9.64 Å². The minimum atomic E-state index is -0.801. The van der Waals surface area contributed by atoms with E-state index in [2.05, 4.69) is 9.97 Å². The molecule has 2 rings (SSSR count). The van der Waals surface area contributed by atoms with Crippen LogP contribution in [-0.2, 0) is 4.79 Å². The molecule has 0 spiro atoms. The standard InChI is InChI=1S/C12H17N3O3/c1-8-13-10(7-11(14-8)18-2)15-6-4-3-5-9(15)12(16)17/h7,9H,3-6H2,1-2H3,(H,16,17). The molecule has 2 heterocycles. The highest BCUT2D eigenvalue weighted by Gasteiger charge is 2.29. The number of anilines is 1. The lowest BCUT2D eigenvalue weighted by atomic mass is 10.0. The molecule has 1 aromatic heterocycles. The third-order valence-corrected chi connectivity index (χ3v) is 3.09. The molecule has 1 saturated heterocycles. The summed E-state index contributed by atoms with van der Waals surface area (Å²) in [5.41, 5.74) is 0. The molecule has 0 bridgehead atoms. The number of methoxy groups -OCH3 is 1. The zero-order valence-corrected chi connectivity index (χ0v) is 10.6. The number of carbonyl (C=O) groups is 1. The Kier molecular flexibility index (Phi) is 3.64. The van der Waals surface area contributed by atoms with Crippen LogP contribution in [0, 0.1) is 6.92 Å². The van der Waals surface area contributed by atoms with E-state index in [9.17, 15) is 9.90 Å². The number of carboxylic acid groups (broad SMARTS) is 1. The van der Waals surface area contributed by atoms with Gasteiger partial charge in [-0.2, -0.15) is 4.98 Å². The predicted molar refractivity (Wildman–Crippen MR) is 65.9 cm³/mol. The first-order chi connectivity index (χ1) is 8.61. The van der Waals surface area contributed by atoms with Crippen LogP contribution in [0.25, 0.3) is 0 Å². The molecule has 18 heavy (non-hydrogen) atoms. The van der Waals surface area contributed by atoms with Gasteiger partial charge in [0.25, 0.3) is 0 Å². The van der Waals surface area contributed by atoms with Gasteiger partial charge in [0, 0.05) is 12.6 Å². The molecule has 0 saturated carbocycles. The number of rotatable bonds is 3. The SMILES string of the molecule is COc1cc(N2CCCCC2C(=O)O)nc(C)n1. The highest BCUT2D eigenvalue weighted by molar-refractivity contribution is 5.78. The minimum absolute atomic E-state index is 0.465. The van der Waals surface area contributed by atoms with Gasteiger partial charge in [-0.3, -0.25) is 0 Å². The average molecular weight is 251 g/mol. The van der Waals surface area contributed by atoms with Gasteiger partial charge in [0.1, 0.15) is 17.7 Å². The normalized spacial score (nSPS) is 19.7. The molecule has 1 aliphatic rings. The maximum absolute atomic E-state index is 11.3. The number of carboxylic acids is 1. The number of nitrogens with zero attached hydrogens (tertiary/aromatic N) is 3. The Morgan fingerprint density at radius 1 is 1.50 bits per heavy atom. The monoisotopic (exact) mass is 251 g/mol. The smallest absolute Gasteiger partial charge is 0.326 e. The lowest BCUT2D eigenvalue weighted by Gasteiger charge is -2.33. The molecule has 1 aromatic rings. The first-order valence-electron chi connectivity index (χ1n) is 6.01. The van der Waals surface area contributed by atoms with E-state index >= 15 is 0 Å². The van der Waals surface area contributed by atoms with Gasteiger partial charge in [-0.1, -0.05) is 0 Å². The Bertz CT molecular complexity index is 450. The number of ether oxygens (including phenoxy) is 1. The Labute approximate surface area is 106 Å². The number of aromatic nitrogens is 2. The van der Waals surface area contributed by atoms with Gasteiger partial charge in [-0.25, -0.2) is 9.78 Å². The van der Waals surface area contributed by atoms with Gasteiger partial charge in [0.2, 0.25) is 5.88 Å². The second-order valence-corrected chi connectivity index (χ2v) is 4.36. The number of piperidine rings is 1. The van der Waals surface area contributed by atoms with Crippen molar-refractivity contribution >= 4 is 11.8 Å². The third-order valence-electron chi connectivity index (χ3n) is 3.09. The average Bonchev–Trinajstić information content (AvgIpc) is 2.38. The summed E-state index contributed by atoms with van der Waals surface area (Å²) in [6.07, 6.45) is 2.57. The molecule has 6 nitrogen and oxygen atoms in total. The molecule has 1 fully saturated rings. The van der Waals surface area contributed by atoms with E-state index in [0.717, 1.165) is 12.8 Å². The molecule has 0 aliphatic carbocycles. The van der Waals surface area contributed by atoms with Crippen LogP contribution in [0.4, 0.5) is 5.82 Å². The summed E-state index contributed by atoms with van der Waals surface area (Å²) in [6.45, 7) is 2.47. The maximum Gasteiger partial charge on any atom is 0.326 e. The summed E-state index contributed by atoms with van der Waals surface area (Å²) >= 11 is 0. The number of aliphatic carboxylic acids is 1. The lowest BCUT2D eigenvalue weighted by molar-refractivity contribution is -0.139. The third kappa shape index (κ3) is 2.52. The number of hydrogen-bond donors (Lipinski definition) is 1. The predicted octanol–water partition coefficient (Wildman–Crippen LogP) is 1.24.